The van der Waals surface area contributed by atoms with Crippen molar-refractivity contribution in [3.8, 4) is 0 Å². The molecule has 2 heterocycles. The van der Waals surface area contributed by atoms with Gasteiger partial charge in [0, 0.05) is 23.7 Å². The molecular weight excluding hydrogens is 238 g/mol. The fourth-order valence-corrected chi connectivity index (χ4v) is 2.63. The first-order valence-corrected chi connectivity index (χ1v) is 6.60. The number of hydrogen-bond donors (Lipinski definition) is 1. The number of aromatic nitrogens is 1. The monoisotopic (exact) mass is 251 g/mol. The van der Waals surface area contributed by atoms with Crippen LogP contribution >= 0.6 is 11.3 Å². The number of imide groups is 1. The Balaban J connectivity index is 1.61. The molecule has 17 heavy (non-hydrogen) atoms. The van der Waals surface area contributed by atoms with Gasteiger partial charge in [0.05, 0.1) is 18.0 Å². The molecular formula is C11H13N3O2S. The smallest absolute Gasteiger partial charge is 0.247 e. The normalized spacial score (nSPS) is 24.7. The van der Waals surface area contributed by atoms with E-state index in [-0.39, 0.29) is 23.9 Å². The highest BCUT2D eigenvalue weighted by Crippen LogP contribution is 2.31. The third kappa shape index (κ3) is 2.10. The van der Waals surface area contributed by atoms with Crippen LogP contribution in [-0.2, 0) is 16.1 Å². The summed E-state index contributed by atoms with van der Waals surface area (Å²) in [6.07, 6.45) is 4.02. The van der Waals surface area contributed by atoms with Crippen molar-refractivity contribution in [2.45, 2.75) is 37.9 Å². The maximum Gasteiger partial charge on any atom is 0.247 e. The van der Waals surface area contributed by atoms with Crippen LogP contribution in [0.1, 0.15) is 24.1 Å². The molecule has 6 heteroatoms. The minimum Gasteiger partial charge on any atom is -0.300 e. The van der Waals surface area contributed by atoms with Crippen LogP contribution in [0.5, 0.6) is 0 Å². The molecule has 2 amide bonds. The summed E-state index contributed by atoms with van der Waals surface area (Å²) < 4.78 is 0. The second-order valence-corrected chi connectivity index (χ2v) is 5.41. The molecule has 1 atom stereocenters. The number of nitrogens with zero attached hydrogens (tertiary/aromatic N) is 2. The summed E-state index contributed by atoms with van der Waals surface area (Å²) in [5, 5.41) is 3.14. The Morgan fingerprint density at radius 1 is 1.47 bits per heavy atom. The minimum atomic E-state index is -0.342. The van der Waals surface area contributed by atoms with Crippen molar-refractivity contribution >= 4 is 23.2 Å². The van der Waals surface area contributed by atoms with E-state index >= 15 is 0 Å². The van der Waals surface area contributed by atoms with Gasteiger partial charge in [-0.1, -0.05) is 0 Å². The third-order valence-corrected chi connectivity index (χ3v) is 3.88. The molecule has 0 radical (unpaired) electrons. The Kier molecular flexibility index (Phi) is 2.68. The van der Waals surface area contributed by atoms with Gasteiger partial charge in [0.25, 0.3) is 0 Å². The van der Waals surface area contributed by atoms with Gasteiger partial charge in [-0.2, -0.15) is 0 Å². The highest BCUT2D eigenvalue weighted by molar-refractivity contribution is 7.09. The molecule has 3 rings (SSSR count). The average Bonchev–Trinajstić information content (AvgIpc) is 2.90. The van der Waals surface area contributed by atoms with Gasteiger partial charge in [-0.3, -0.25) is 19.5 Å². The van der Waals surface area contributed by atoms with Crippen molar-refractivity contribution in [1.29, 1.82) is 0 Å². The molecule has 0 aromatic carbocycles. The van der Waals surface area contributed by atoms with Crippen molar-refractivity contribution in [1.82, 2.24) is 15.2 Å². The van der Waals surface area contributed by atoms with E-state index in [1.807, 2.05) is 0 Å². The van der Waals surface area contributed by atoms with Crippen molar-refractivity contribution in [2.75, 3.05) is 0 Å². The Morgan fingerprint density at radius 2 is 2.29 bits per heavy atom. The third-order valence-electron chi connectivity index (χ3n) is 3.10. The van der Waals surface area contributed by atoms with Crippen LogP contribution in [0.25, 0.3) is 0 Å². The lowest BCUT2D eigenvalue weighted by Crippen LogP contribution is -2.39. The Hall–Kier alpha value is -1.27. The minimum absolute atomic E-state index is 0.0284. The van der Waals surface area contributed by atoms with Crippen LogP contribution in [0.15, 0.2) is 11.7 Å². The first kappa shape index (κ1) is 10.9. The summed E-state index contributed by atoms with van der Waals surface area (Å²) in [5.74, 6) is -0.0821. The predicted molar refractivity (Wildman–Crippen MR) is 62.2 cm³/mol. The van der Waals surface area contributed by atoms with E-state index in [0.717, 1.165) is 17.7 Å². The van der Waals surface area contributed by atoms with Gasteiger partial charge in [0.15, 0.2) is 0 Å². The van der Waals surface area contributed by atoms with Gasteiger partial charge in [-0.15, -0.1) is 11.3 Å². The average molecular weight is 251 g/mol. The van der Waals surface area contributed by atoms with Gasteiger partial charge in [-0.25, -0.2) is 0 Å². The molecule has 5 nitrogen and oxygen atoms in total. The molecule has 2 fully saturated rings. The number of hydrogen-bond acceptors (Lipinski definition) is 5. The van der Waals surface area contributed by atoms with E-state index in [9.17, 15) is 9.59 Å². The van der Waals surface area contributed by atoms with Gasteiger partial charge in [-0.05, 0) is 12.8 Å². The molecule has 2 aliphatic rings. The van der Waals surface area contributed by atoms with E-state index < -0.39 is 0 Å². The van der Waals surface area contributed by atoms with Crippen molar-refractivity contribution in [2.24, 2.45) is 0 Å². The molecule has 0 bridgehead atoms. The van der Waals surface area contributed by atoms with Crippen molar-refractivity contribution in [3.05, 3.63) is 16.6 Å². The van der Waals surface area contributed by atoms with Gasteiger partial charge in [0.1, 0.15) is 0 Å². The summed E-state index contributed by atoms with van der Waals surface area (Å²) in [7, 11) is 0. The van der Waals surface area contributed by atoms with Crippen molar-refractivity contribution < 1.29 is 9.59 Å². The largest absolute Gasteiger partial charge is 0.300 e. The van der Waals surface area contributed by atoms with Gasteiger partial charge >= 0.3 is 0 Å². The quantitative estimate of drug-likeness (QED) is 0.793. The summed E-state index contributed by atoms with van der Waals surface area (Å²) in [5.41, 5.74) is 1.76. The zero-order valence-electron chi connectivity index (χ0n) is 9.26. The fourth-order valence-electron chi connectivity index (χ4n) is 2.08. The van der Waals surface area contributed by atoms with E-state index in [0.29, 0.717) is 13.0 Å². The number of likely N-dealkylation sites (tertiary alicyclic amines) is 1. The van der Waals surface area contributed by atoms with Crippen molar-refractivity contribution in [3.63, 3.8) is 0 Å². The zero-order valence-corrected chi connectivity index (χ0v) is 10.1. The SMILES string of the molecule is O=C1CC(NCc2cncs2)C(=O)N1C1CC1. The Bertz CT molecular complexity index is 442. The molecule has 1 unspecified atom stereocenters. The number of nitrogens with one attached hydrogen (secondary N) is 1. The highest BCUT2D eigenvalue weighted by Gasteiger charge is 2.45. The van der Waals surface area contributed by atoms with E-state index in [1.165, 1.54) is 4.90 Å². The highest BCUT2D eigenvalue weighted by atomic mass is 32.1. The first-order chi connectivity index (χ1) is 8.25. The van der Waals surface area contributed by atoms with Crippen LogP contribution in [0.3, 0.4) is 0 Å². The molecule has 1 saturated heterocycles. The number of carbonyl (C=O) groups is 2. The topological polar surface area (TPSA) is 62.3 Å². The molecule has 1 aliphatic heterocycles. The Morgan fingerprint density at radius 3 is 2.94 bits per heavy atom. The van der Waals surface area contributed by atoms with E-state index in [2.05, 4.69) is 10.3 Å². The molecule has 1 saturated carbocycles. The van der Waals surface area contributed by atoms with Crippen LogP contribution in [-0.4, -0.2) is 33.8 Å². The first-order valence-electron chi connectivity index (χ1n) is 5.72. The summed E-state index contributed by atoms with van der Waals surface area (Å²) in [6.45, 7) is 0.604. The summed E-state index contributed by atoms with van der Waals surface area (Å²) in [4.78, 5) is 30.2. The van der Waals surface area contributed by atoms with Crippen LogP contribution in [0.4, 0.5) is 0 Å². The van der Waals surface area contributed by atoms with Crippen LogP contribution in [0.2, 0.25) is 0 Å². The molecule has 1 aromatic heterocycles. The predicted octanol–water partition coefficient (Wildman–Crippen LogP) is 0.523. The number of rotatable bonds is 4. The fraction of sp³-hybridized carbons (Fsp3) is 0.545. The number of amides is 2. The zero-order chi connectivity index (χ0) is 11.8. The Labute approximate surface area is 103 Å². The molecule has 1 aromatic rings. The second-order valence-electron chi connectivity index (χ2n) is 4.44. The van der Waals surface area contributed by atoms with Gasteiger partial charge in [0.2, 0.25) is 11.8 Å². The number of thiazole rings is 1. The van der Waals surface area contributed by atoms with Crippen LogP contribution < -0.4 is 5.32 Å². The van der Waals surface area contributed by atoms with Gasteiger partial charge < -0.3 is 5.32 Å². The van der Waals surface area contributed by atoms with E-state index in [1.54, 1.807) is 23.0 Å². The maximum absolute atomic E-state index is 12.0. The maximum atomic E-state index is 12.0. The lowest BCUT2D eigenvalue weighted by molar-refractivity contribution is -0.139. The summed E-state index contributed by atoms with van der Waals surface area (Å²) >= 11 is 1.54. The number of carbonyl (C=O) groups excluding carboxylic acids is 2. The molecule has 0 spiro atoms. The standard InChI is InChI=1S/C11H13N3O2S/c15-10-3-9(11(16)14(10)7-1-2-7)13-5-8-4-12-6-17-8/h4,6-7,9,13H,1-3,5H2. The van der Waals surface area contributed by atoms with E-state index in [4.69, 9.17) is 0 Å². The second kappa shape index (κ2) is 4.19. The lowest BCUT2D eigenvalue weighted by atomic mass is 10.2. The molecule has 90 valence electrons. The lowest BCUT2D eigenvalue weighted by Gasteiger charge is -2.13. The molecule has 1 N–H and O–H groups in total. The summed E-state index contributed by atoms with van der Waals surface area (Å²) in [6, 6.07) is -0.157. The molecule has 1 aliphatic carbocycles. The van der Waals surface area contributed by atoms with Crippen LogP contribution in [0, 0.1) is 0 Å².